The highest BCUT2D eigenvalue weighted by atomic mass is 19.1. The molecule has 2 rings (SSSR count). The van der Waals surface area contributed by atoms with Crippen LogP contribution in [0.4, 0.5) is 4.39 Å². The average molecular weight is 265 g/mol. The molecule has 1 atom stereocenters. The molecule has 0 unspecified atom stereocenters. The lowest BCUT2D eigenvalue weighted by Crippen LogP contribution is -2.46. The second-order valence-electron chi connectivity index (χ2n) is 6.42. The Morgan fingerprint density at radius 2 is 1.84 bits per heavy atom. The number of aliphatic hydroxyl groups excluding tert-OH is 1. The Morgan fingerprint density at radius 3 is 2.37 bits per heavy atom. The Morgan fingerprint density at radius 1 is 1.21 bits per heavy atom. The van der Waals surface area contributed by atoms with Crippen LogP contribution in [0.25, 0.3) is 0 Å². The van der Waals surface area contributed by atoms with E-state index in [1.54, 1.807) is 6.07 Å². The molecule has 0 radical (unpaired) electrons. The Kier molecular flexibility index (Phi) is 3.98. The Bertz CT molecular complexity index is 438. The predicted molar refractivity (Wildman–Crippen MR) is 75.4 cm³/mol. The third kappa shape index (κ3) is 2.98. The van der Waals surface area contributed by atoms with Gasteiger partial charge in [0.25, 0.3) is 0 Å². The summed E-state index contributed by atoms with van der Waals surface area (Å²) in [6, 6.07) is 6.34. The first-order chi connectivity index (χ1) is 8.88. The van der Waals surface area contributed by atoms with Crippen LogP contribution in [0.2, 0.25) is 0 Å². The fourth-order valence-electron chi connectivity index (χ4n) is 2.98. The number of nitrogens with one attached hydrogen (secondary N) is 1. The van der Waals surface area contributed by atoms with Crippen molar-refractivity contribution in [2.24, 2.45) is 5.41 Å². The van der Waals surface area contributed by atoms with E-state index in [1.165, 1.54) is 12.1 Å². The van der Waals surface area contributed by atoms with E-state index >= 15 is 0 Å². The maximum absolute atomic E-state index is 13.3. The molecule has 2 N–H and O–H groups in total. The third-order valence-corrected chi connectivity index (χ3v) is 4.92. The van der Waals surface area contributed by atoms with Gasteiger partial charge in [-0.1, -0.05) is 19.1 Å². The van der Waals surface area contributed by atoms with Crippen LogP contribution in [0.3, 0.4) is 0 Å². The van der Waals surface area contributed by atoms with Crippen molar-refractivity contribution in [3.8, 4) is 0 Å². The maximum atomic E-state index is 13.3. The van der Waals surface area contributed by atoms with Crippen LogP contribution in [0, 0.1) is 11.2 Å². The van der Waals surface area contributed by atoms with Crippen LogP contribution in [0.1, 0.15) is 51.2 Å². The Balaban J connectivity index is 2.13. The van der Waals surface area contributed by atoms with Crippen molar-refractivity contribution in [1.29, 1.82) is 0 Å². The summed E-state index contributed by atoms with van der Waals surface area (Å²) >= 11 is 0. The van der Waals surface area contributed by atoms with Crippen molar-refractivity contribution in [3.63, 3.8) is 0 Å². The summed E-state index contributed by atoms with van der Waals surface area (Å²) in [6.45, 7) is 4.33. The smallest absolute Gasteiger partial charge is 0.123 e. The van der Waals surface area contributed by atoms with Gasteiger partial charge in [0.2, 0.25) is 0 Å². The molecule has 1 aliphatic carbocycles. The second kappa shape index (κ2) is 5.22. The van der Waals surface area contributed by atoms with Gasteiger partial charge >= 0.3 is 0 Å². The van der Waals surface area contributed by atoms with Gasteiger partial charge in [0.15, 0.2) is 0 Å². The van der Waals surface area contributed by atoms with Crippen molar-refractivity contribution >= 4 is 0 Å². The molecular weight excluding hydrogens is 241 g/mol. The summed E-state index contributed by atoms with van der Waals surface area (Å²) in [7, 11) is 1.99. The highest BCUT2D eigenvalue weighted by molar-refractivity contribution is 5.21. The number of aliphatic hydroxyl groups is 1. The normalized spacial score (nSPS) is 33.1. The molecule has 0 aliphatic heterocycles. The van der Waals surface area contributed by atoms with Gasteiger partial charge < -0.3 is 10.4 Å². The summed E-state index contributed by atoms with van der Waals surface area (Å²) in [5.74, 6) is -0.281. The lowest BCUT2D eigenvalue weighted by Gasteiger charge is -2.45. The lowest BCUT2D eigenvalue weighted by molar-refractivity contribution is -0.00955. The van der Waals surface area contributed by atoms with Crippen molar-refractivity contribution < 1.29 is 9.50 Å². The van der Waals surface area contributed by atoms with Gasteiger partial charge in [-0.3, -0.25) is 0 Å². The summed E-state index contributed by atoms with van der Waals surface area (Å²) in [5, 5.41) is 13.9. The molecule has 0 saturated heterocycles. The zero-order valence-electron chi connectivity index (χ0n) is 12.0. The lowest BCUT2D eigenvalue weighted by atomic mass is 9.65. The van der Waals surface area contributed by atoms with Gasteiger partial charge in [-0.05, 0) is 62.8 Å². The van der Waals surface area contributed by atoms with Gasteiger partial charge in [-0.2, -0.15) is 0 Å². The summed E-state index contributed by atoms with van der Waals surface area (Å²) in [5.41, 5.74) is 0.696. The molecule has 106 valence electrons. The van der Waals surface area contributed by atoms with Gasteiger partial charge in [0, 0.05) is 5.54 Å². The average Bonchev–Trinajstić information content (AvgIpc) is 2.42. The molecule has 1 aromatic carbocycles. The molecule has 1 fully saturated rings. The second-order valence-corrected chi connectivity index (χ2v) is 6.42. The minimum atomic E-state index is -0.593. The molecule has 3 heteroatoms. The van der Waals surface area contributed by atoms with Crippen molar-refractivity contribution in [2.75, 3.05) is 7.05 Å². The van der Waals surface area contributed by atoms with E-state index < -0.39 is 6.10 Å². The molecular formula is C16H24FNO. The van der Waals surface area contributed by atoms with E-state index in [0.717, 1.165) is 25.7 Å². The quantitative estimate of drug-likeness (QED) is 0.877. The van der Waals surface area contributed by atoms with Gasteiger partial charge in [-0.15, -0.1) is 0 Å². The molecule has 1 aliphatic rings. The largest absolute Gasteiger partial charge is 0.388 e. The molecule has 19 heavy (non-hydrogen) atoms. The number of hydrogen-bond acceptors (Lipinski definition) is 2. The number of hydrogen-bond donors (Lipinski definition) is 2. The van der Waals surface area contributed by atoms with E-state index in [1.807, 2.05) is 13.1 Å². The van der Waals surface area contributed by atoms with Crippen LogP contribution in [-0.4, -0.2) is 17.7 Å². The monoisotopic (exact) mass is 265 g/mol. The Labute approximate surface area is 115 Å². The first-order valence-electron chi connectivity index (χ1n) is 7.01. The third-order valence-electron chi connectivity index (χ3n) is 4.92. The summed E-state index contributed by atoms with van der Waals surface area (Å²) in [6.07, 6.45) is 3.37. The van der Waals surface area contributed by atoms with Crippen molar-refractivity contribution in [3.05, 3.63) is 35.6 Å². The van der Waals surface area contributed by atoms with Crippen LogP contribution in [-0.2, 0) is 0 Å². The number of halogens is 1. The highest BCUT2D eigenvalue weighted by Crippen LogP contribution is 2.48. The highest BCUT2D eigenvalue weighted by Gasteiger charge is 2.41. The molecule has 0 heterocycles. The molecule has 0 aromatic heterocycles. The standard InChI is InChI=1S/C16H24FNO/c1-15(7-9-16(2,18-3)10-8-15)14(19)12-5-4-6-13(17)11-12/h4-6,11,14,18-19H,7-10H2,1-3H3/t14-,15?,16?/m1/s1. The fraction of sp³-hybridized carbons (Fsp3) is 0.625. The topological polar surface area (TPSA) is 32.3 Å². The molecule has 1 saturated carbocycles. The van der Waals surface area contributed by atoms with Crippen LogP contribution in [0.5, 0.6) is 0 Å². The Hall–Kier alpha value is -0.930. The van der Waals surface area contributed by atoms with E-state index in [-0.39, 0.29) is 16.8 Å². The fourth-order valence-corrected chi connectivity index (χ4v) is 2.98. The molecule has 0 bridgehead atoms. The first kappa shape index (κ1) is 14.5. The van der Waals surface area contributed by atoms with Crippen LogP contribution >= 0.6 is 0 Å². The van der Waals surface area contributed by atoms with Crippen molar-refractivity contribution in [1.82, 2.24) is 5.32 Å². The molecule has 2 nitrogen and oxygen atoms in total. The van der Waals surface area contributed by atoms with Gasteiger partial charge in [0.1, 0.15) is 5.82 Å². The maximum Gasteiger partial charge on any atom is 0.123 e. The molecule has 0 amide bonds. The van der Waals surface area contributed by atoms with E-state index in [0.29, 0.717) is 5.56 Å². The zero-order valence-corrected chi connectivity index (χ0v) is 12.0. The number of benzene rings is 1. The minimum Gasteiger partial charge on any atom is -0.388 e. The van der Waals surface area contributed by atoms with Crippen LogP contribution in [0.15, 0.2) is 24.3 Å². The molecule has 0 spiro atoms. The first-order valence-corrected chi connectivity index (χ1v) is 7.01. The van der Waals surface area contributed by atoms with Crippen molar-refractivity contribution in [2.45, 2.75) is 51.2 Å². The summed E-state index contributed by atoms with van der Waals surface area (Å²) in [4.78, 5) is 0. The minimum absolute atomic E-state index is 0.163. The SMILES string of the molecule is CNC1(C)CCC(C)([C@H](O)c2cccc(F)c2)CC1. The molecule has 1 aromatic rings. The van der Waals surface area contributed by atoms with Gasteiger partial charge in [0.05, 0.1) is 6.10 Å². The predicted octanol–water partition coefficient (Wildman–Crippen LogP) is 3.42. The van der Waals surface area contributed by atoms with Gasteiger partial charge in [-0.25, -0.2) is 4.39 Å². The summed E-state index contributed by atoms with van der Waals surface area (Å²) < 4.78 is 13.3. The zero-order chi connectivity index (χ0) is 14.1. The number of rotatable bonds is 3. The van der Waals surface area contributed by atoms with E-state index in [2.05, 4.69) is 19.2 Å². The van der Waals surface area contributed by atoms with E-state index in [9.17, 15) is 9.50 Å². The van der Waals surface area contributed by atoms with E-state index in [4.69, 9.17) is 0 Å². The van der Waals surface area contributed by atoms with Crippen LogP contribution < -0.4 is 5.32 Å².